The van der Waals surface area contributed by atoms with Crippen molar-refractivity contribution >= 4 is 23.8 Å². The number of hydrogen-bond acceptors (Lipinski definition) is 6. The maximum atomic E-state index is 13.0. The minimum absolute atomic E-state index is 0.104. The van der Waals surface area contributed by atoms with Crippen LogP contribution >= 0.6 is 0 Å². The zero-order valence-electron chi connectivity index (χ0n) is 24.4. The summed E-state index contributed by atoms with van der Waals surface area (Å²) in [5.41, 5.74) is 5.38. The van der Waals surface area contributed by atoms with E-state index in [0.717, 1.165) is 16.7 Å². The molecule has 7 nitrogen and oxygen atoms in total. The van der Waals surface area contributed by atoms with Gasteiger partial charge >= 0.3 is 5.97 Å². The van der Waals surface area contributed by atoms with Gasteiger partial charge in [0.2, 0.25) is 0 Å². The number of oxime groups is 1. The lowest BCUT2D eigenvalue weighted by Crippen LogP contribution is -2.15. The van der Waals surface area contributed by atoms with Crippen LogP contribution in [0.4, 0.5) is 5.69 Å². The van der Waals surface area contributed by atoms with Crippen LogP contribution < -0.4 is 10.1 Å². The SMILES string of the molecule is COC(=O)c1ccc(OCCCO/N=C/c2ccc(C(C)(C)C)cc2)cc1NC(=O)c1ccc(-c2ccccc2)cc1. The van der Waals surface area contributed by atoms with Gasteiger partial charge in [-0.05, 0) is 51.9 Å². The fourth-order valence-electron chi connectivity index (χ4n) is 4.18. The fourth-order valence-corrected chi connectivity index (χ4v) is 4.18. The smallest absolute Gasteiger partial charge is 0.339 e. The predicted octanol–water partition coefficient (Wildman–Crippen LogP) is 7.51. The van der Waals surface area contributed by atoms with Gasteiger partial charge in [0.25, 0.3) is 5.91 Å². The van der Waals surface area contributed by atoms with Crippen molar-refractivity contribution < 1.29 is 23.9 Å². The highest BCUT2D eigenvalue weighted by Gasteiger charge is 2.17. The van der Waals surface area contributed by atoms with E-state index < -0.39 is 5.97 Å². The number of benzene rings is 4. The Bertz CT molecular complexity index is 1510. The Balaban J connectivity index is 1.31. The number of amides is 1. The van der Waals surface area contributed by atoms with Gasteiger partial charge in [-0.2, -0.15) is 0 Å². The third-order valence-electron chi connectivity index (χ3n) is 6.60. The standard InChI is InChI=1S/C35H36N2O5/c1-35(2,3)29-17-11-25(12-18-29)24-36-42-22-8-21-41-30-19-20-31(34(39)40-4)32(23-30)37-33(38)28-15-13-27(14-16-28)26-9-6-5-7-10-26/h5-7,9-20,23-24H,8,21-22H2,1-4H3,(H,37,38)/b36-24+. The average molecular weight is 565 g/mol. The van der Waals surface area contributed by atoms with Crippen LogP contribution in [-0.2, 0) is 15.0 Å². The van der Waals surface area contributed by atoms with Crippen LogP contribution in [-0.4, -0.2) is 38.4 Å². The van der Waals surface area contributed by atoms with Gasteiger partial charge in [0.05, 0.1) is 31.2 Å². The van der Waals surface area contributed by atoms with Crippen LogP contribution in [0.25, 0.3) is 11.1 Å². The number of nitrogens with zero attached hydrogens (tertiary/aromatic N) is 1. The molecular formula is C35H36N2O5. The van der Waals surface area contributed by atoms with Crippen molar-refractivity contribution in [2.45, 2.75) is 32.6 Å². The van der Waals surface area contributed by atoms with Crippen molar-refractivity contribution in [3.05, 3.63) is 119 Å². The number of nitrogens with one attached hydrogen (secondary N) is 1. The molecule has 0 atom stereocenters. The summed E-state index contributed by atoms with van der Waals surface area (Å²) in [7, 11) is 1.30. The Morgan fingerprint density at radius 1 is 0.833 bits per heavy atom. The summed E-state index contributed by atoms with van der Waals surface area (Å²) in [5.74, 6) is -0.411. The predicted molar refractivity (Wildman–Crippen MR) is 166 cm³/mol. The lowest BCUT2D eigenvalue weighted by Gasteiger charge is -2.18. The topological polar surface area (TPSA) is 86.2 Å². The van der Waals surface area contributed by atoms with E-state index in [1.54, 1.807) is 36.5 Å². The second kappa shape index (κ2) is 14.1. The van der Waals surface area contributed by atoms with E-state index >= 15 is 0 Å². The number of methoxy groups -OCH3 is 1. The molecule has 0 radical (unpaired) electrons. The Morgan fingerprint density at radius 2 is 1.52 bits per heavy atom. The van der Waals surface area contributed by atoms with Gasteiger partial charge in [0.15, 0.2) is 0 Å². The molecule has 0 saturated carbocycles. The number of anilines is 1. The number of rotatable bonds is 11. The van der Waals surface area contributed by atoms with Crippen LogP contribution in [0.3, 0.4) is 0 Å². The van der Waals surface area contributed by atoms with Gasteiger partial charge in [0, 0.05) is 18.1 Å². The first-order chi connectivity index (χ1) is 20.2. The first kappa shape index (κ1) is 30.1. The molecule has 4 aromatic carbocycles. The summed E-state index contributed by atoms with van der Waals surface area (Å²) in [6.45, 7) is 7.27. The largest absolute Gasteiger partial charge is 0.493 e. The molecule has 0 unspecified atom stereocenters. The molecule has 4 aromatic rings. The van der Waals surface area contributed by atoms with Gasteiger partial charge in [0.1, 0.15) is 12.4 Å². The normalized spacial score (nSPS) is 11.2. The molecule has 1 amide bonds. The van der Waals surface area contributed by atoms with Crippen LogP contribution in [0, 0.1) is 0 Å². The highest BCUT2D eigenvalue weighted by Crippen LogP contribution is 2.26. The maximum Gasteiger partial charge on any atom is 0.339 e. The summed E-state index contributed by atoms with van der Waals surface area (Å²) < 4.78 is 10.7. The molecule has 4 rings (SSSR count). The molecule has 1 N–H and O–H groups in total. The zero-order valence-corrected chi connectivity index (χ0v) is 24.4. The number of esters is 1. The first-order valence-electron chi connectivity index (χ1n) is 13.8. The summed E-state index contributed by atoms with van der Waals surface area (Å²) in [4.78, 5) is 30.7. The monoisotopic (exact) mass is 564 g/mol. The molecule has 0 aliphatic rings. The Kier molecular flexibility index (Phi) is 10.1. The van der Waals surface area contributed by atoms with E-state index in [0.29, 0.717) is 36.6 Å². The van der Waals surface area contributed by atoms with E-state index in [2.05, 4.69) is 43.4 Å². The molecule has 0 heterocycles. The maximum absolute atomic E-state index is 13.0. The van der Waals surface area contributed by atoms with Crippen molar-refractivity contribution in [3.8, 4) is 16.9 Å². The lowest BCUT2D eigenvalue weighted by atomic mass is 9.87. The van der Waals surface area contributed by atoms with Crippen LogP contribution in [0.1, 0.15) is 59.0 Å². The summed E-state index contributed by atoms with van der Waals surface area (Å²) in [6.07, 6.45) is 2.28. The lowest BCUT2D eigenvalue weighted by molar-refractivity contribution is 0.0602. The van der Waals surface area contributed by atoms with Gasteiger partial charge < -0.3 is 19.6 Å². The third kappa shape index (κ3) is 8.30. The van der Waals surface area contributed by atoms with Crippen molar-refractivity contribution in [1.82, 2.24) is 0 Å². The van der Waals surface area contributed by atoms with Gasteiger partial charge in [-0.3, -0.25) is 4.79 Å². The molecule has 0 aliphatic carbocycles. The summed E-state index contributed by atoms with van der Waals surface area (Å²) >= 11 is 0. The van der Waals surface area contributed by atoms with Crippen molar-refractivity contribution in [1.29, 1.82) is 0 Å². The second-order valence-corrected chi connectivity index (χ2v) is 10.7. The van der Waals surface area contributed by atoms with E-state index in [1.165, 1.54) is 12.7 Å². The molecule has 0 aromatic heterocycles. The van der Waals surface area contributed by atoms with Crippen molar-refractivity contribution in [2.75, 3.05) is 25.6 Å². The molecule has 0 saturated heterocycles. The minimum atomic E-state index is -0.560. The molecular weight excluding hydrogens is 528 g/mol. The Hall–Kier alpha value is -4.91. The highest BCUT2D eigenvalue weighted by atomic mass is 16.6. The summed E-state index contributed by atoms with van der Waals surface area (Å²) in [6, 6.07) is 30.3. The van der Waals surface area contributed by atoms with Gasteiger partial charge in [-0.15, -0.1) is 0 Å². The number of carbonyl (C=O) groups excluding carboxylic acids is 2. The molecule has 42 heavy (non-hydrogen) atoms. The minimum Gasteiger partial charge on any atom is -0.493 e. The molecule has 0 fully saturated rings. The molecule has 216 valence electrons. The van der Waals surface area contributed by atoms with E-state index in [-0.39, 0.29) is 16.9 Å². The molecule has 0 aliphatic heterocycles. The van der Waals surface area contributed by atoms with Crippen molar-refractivity contribution in [3.63, 3.8) is 0 Å². The quantitative estimate of drug-likeness (QED) is 0.0882. The highest BCUT2D eigenvalue weighted by molar-refractivity contribution is 6.08. The Labute approximate surface area is 247 Å². The van der Waals surface area contributed by atoms with Gasteiger partial charge in [-0.25, -0.2) is 4.79 Å². The third-order valence-corrected chi connectivity index (χ3v) is 6.60. The van der Waals surface area contributed by atoms with E-state index in [9.17, 15) is 9.59 Å². The number of ether oxygens (including phenoxy) is 2. The number of hydrogen-bond donors (Lipinski definition) is 1. The Morgan fingerprint density at radius 3 is 2.19 bits per heavy atom. The molecule has 0 spiro atoms. The van der Waals surface area contributed by atoms with Crippen LogP contribution in [0.5, 0.6) is 5.75 Å². The van der Waals surface area contributed by atoms with Gasteiger partial charge in [-0.1, -0.05) is 92.7 Å². The molecule has 7 heteroatoms. The fraction of sp³-hybridized carbons (Fsp3) is 0.229. The second-order valence-electron chi connectivity index (χ2n) is 10.7. The first-order valence-corrected chi connectivity index (χ1v) is 13.8. The number of carbonyl (C=O) groups is 2. The van der Waals surface area contributed by atoms with E-state index in [1.807, 2.05) is 54.6 Å². The van der Waals surface area contributed by atoms with Crippen molar-refractivity contribution in [2.24, 2.45) is 5.16 Å². The zero-order chi connectivity index (χ0) is 30.0. The van der Waals surface area contributed by atoms with Crippen LogP contribution in [0.2, 0.25) is 0 Å². The van der Waals surface area contributed by atoms with E-state index in [4.69, 9.17) is 14.3 Å². The average Bonchev–Trinajstić information content (AvgIpc) is 3.00. The molecule has 0 bridgehead atoms. The summed E-state index contributed by atoms with van der Waals surface area (Å²) in [5, 5.41) is 6.86. The van der Waals surface area contributed by atoms with Crippen LogP contribution in [0.15, 0.2) is 102 Å².